The zero-order valence-electron chi connectivity index (χ0n) is 20.0. The molecule has 0 unspecified atom stereocenters. The van der Waals surface area contributed by atoms with Gasteiger partial charge >= 0.3 is 0 Å². The number of rotatable bonds is 10. The first kappa shape index (κ1) is 23.1. The van der Waals surface area contributed by atoms with Crippen molar-refractivity contribution < 1.29 is 4.74 Å². The molecule has 1 aromatic heterocycles. The molecule has 0 radical (unpaired) electrons. The number of methoxy groups -OCH3 is 1. The summed E-state index contributed by atoms with van der Waals surface area (Å²) >= 11 is 0. The van der Waals surface area contributed by atoms with E-state index in [9.17, 15) is 0 Å². The van der Waals surface area contributed by atoms with Gasteiger partial charge in [-0.1, -0.05) is 12.1 Å². The zero-order chi connectivity index (χ0) is 21.7. The maximum atomic E-state index is 5.62. The number of ether oxygens (including phenoxy) is 1. The Morgan fingerprint density at radius 1 is 0.933 bits per heavy atom. The minimum atomic E-state index is 0.623. The quantitative estimate of drug-likeness (QED) is 0.584. The van der Waals surface area contributed by atoms with Crippen molar-refractivity contribution in [2.45, 2.75) is 59.7 Å². The number of hydrogen-bond donors (Lipinski definition) is 0. The first-order valence-corrected chi connectivity index (χ1v) is 11.7. The average Bonchev–Trinajstić information content (AvgIpc) is 3.04. The van der Waals surface area contributed by atoms with Gasteiger partial charge in [-0.25, -0.2) is 0 Å². The highest BCUT2D eigenvalue weighted by molar-refractivity contribution is 5.88. The summed E-state index contributed by atoms with van der Waals surface area (Å²) in [4.78, 5) is 7.88. The smallest absolute Gasteiger partial charge is 0.143 e. The molecule has 0 amide bonds. The molecule has 0 aliphatic carbocycles. The van der Waals surface area contributed by atoms with Gasteiger partial charge in [-0.3, -0.25) is 9.80 Å². The molecule has 1 aliphatic rings. The number of piperazine rings is 1. The summed E-state index contributed by atoms with van der Waals surface area (Å²) in [5.74, 6) is 0.978. The van der Waals surface area contributed by atoms with E-state index in [1.165, 1.54) is 68.7 Å². The lowest BCUT2D eigenvalue weighted by Crippen LogP contribution is -2.50. The van der Waals surface area contributed by atoms with Crippen LogP contribution in [0.4, 0.5) is 0 Å². The molecular weight excluding hydrogens is 372 g/mol. The van der Waals surface area contributed by atoms with Gasteiger partial charge in [0.05, 0.1) is 12.6 Å². The second-order valence-electron chi connectivity index (χ2n) is 9.32. The van der Waals surface area contributed by atoms with Gasteiger partial charge in [0.25, 0.3) is 0 Å². The third-order valence-electron chi connectivity index (χ3n) is 6.62. The van der Waals surface area contributed by atoms with Crippen LogP contribution < -0.4 is 4.74 Å². The fourth-order valence-corrected chi connectivity index (χ4v) is 4.92. The Morgan fingerprint density at radius 3 is 2.17 bits per heavy atom. The molecule has 168 valence electrons. The highest BCUT2D eigenvalue weighted by Crippen LogP contribution is 2.29. The number of nitrogens with zero attached hydrogens (tertiary/aromatic N) is 4. The van der Waals surface area contributed by atoms with Crippen molar-refractivity contribution in [3.8, 4) is 5.75 Å². The van der Waals surface area contributed by atoms with E-state index in [0.29, 0.717) is 12.1 Å². The normalized spacial score (nSPS) is 16.4. The van der Waals surface area contributed by atoms with Crippen LogP contribution in [0.3, 0.4) is 0 Å². The third kappa shape index (κ3) is 5.57. The Kier molecular flexibility index (Phi) is 8.20. The van der Waals surface area contributed by atoms with Gasteiger partial charge in [-0.15, -0.1) is 0 Å². The van der Waals surface area contributed by atoms with Gasteiger partial charge < -0.3 is 14.2 Å². The van der Waals surface area contributed by atoms with E-state index in [4.69, 9.17) is 4.74 Å². The molecule has 0 saturated carbocycles. The van der Waals surface area contributed by atoms with E-state index in [2.05, 4.69) is 78.3 Å². The van der Waals surface area contributed by atoms with Crippen molar-refractivity contribution in [2.75, 3.05) is 52.9 Å². The van der Waals surface area contributed by atoms with Crippen molar-refractivity contribution in [3.05, 3.63) is 30.0 Å². The molecule has 1 fully saturated rings. The Hall–Kier alpha value is -1.56. The molecule has 0 N–H and O–H groups in total. The molecule has 0 atom stereocenters. The predicted molar refractivity (Wildman–Crippen MR) is 128 cm³/mol. The Bertz CT molecular complexity index is 782. The number of benzene rings is 1. The lowest BCUT2D eigenvalue weighted by Gasteiger charge is -2.37. The van der Waals surface area contributed by atoms with Gasteiger partial charge in [0.2, 0.25) is 0 Å². The van der Waals surface area contributed by atoms with Gasteiger partial charge in [0.15, 0.2) is 0 Å². The largest absolute Gasteiger partial charge is 0.495 e. The van der Waals surface area contributed by atoms with Crippen molar-refractivity contribution in [3.63, 3.8) is 0 Å². The van der Waals surface area contributed by atoms with Crippen LogP contribution >= 0.6 is 0 Å². The molecule has 1 saturated heterocycles. The highest BCUT2D eigenvalue weighted by atomic mass is 16.5. The maximum absolute atomic E-state index is 5.62. The molecule has 5 heteroatoms. The summed E-state index contributed by atoms with van der Waals surface area (Å²) in [5.41, 5.74) is 2.57. The van der Waals surface area contributed by atoms with Gasteiger partial charge in [-0.05, 0) is 59.2 Å². The summed E-state index contributed by atoms with van der Waals surface area (Å²) < 4.78 is 8.00. The molecule has 1 aliphatic heterocycles. The first-order valence-electron chi connectivity index (χ1n) is 11.7. The average molecular weight is 415 g/mol. The predicted octanol–water partition coefficient (Wildman–Crippen LogP) is 4.08. The Labute approximate surface area is 183 Å². The Morgan fingerprint density at radius 2 is 1.57 bits per heavy atom. The molecule has 5 nitrogen and oxygen atoms in total. The van der Waals surface area contributed by atoms with E-state index in [-0.39, 0.29) is 0 Å². The number of para-hydroxylation sites is 1. The highest BCUT2D eigenvalue weighted by Gasteiger charge is 2.19. The monoisotopic (exact) mass is 414 g/mol. The Balaban J connectivity index is 1.44. The van der Waals surface area contributed by atoms with Crippen molar-refractivity contribution in [1.29, 1.82) is 0 Å². The summed E-state index contributed by atoms with van der Waals surface area (Å²) in [6.45, 7) is 20.8. The van der Waals surface area contributed by atoms with Crippen molar-refractivity contribution >= 4 is 10.9 Å². The SMILES string of the molecule is COc1cccc2c(C)cn(CCCN3CCN(CCN(C(C)C)C(C)C)CC3)c12. The summed E-state index contributed by atoms with van der Waals surface area (Å²) in [6, 6.07) is 7.59. The van der Waals surface area contributed by atoms with Crippen molar-refractivity contribution in [1.82, 2.24) is 19.3 Å². The number of aromatic nitrogens is 1. The summed E-state index contributed by atoms with van der Waals surface area (Å²) in [7, 11) is 1.77. The van der Waals surface area contributed by atoms with E-state index < -0.39 is 0 Å². The third-order valence-corrected chi connectivity index (χ3v) is 6.62. The second kappa shape index (κ2) is 10.7. The standard InChI is InChI=1S/C25H42N4O/c1-20(2)29(21(3)4)18-17-27-15-13-26(14-16-27)11-8-12-28-19-22(5)23-9-7-10-24(30-6)25(23)28/h7,9-10,19-21H,8,11-18H2,1-6H3. The molecule has 0 spiro atoms. The molecule has 2 heterocycles. The summed E-state index contributed by atoms with van der Waals surface area (Å²) in [6.07, 6.45) is 3.45. The van der Waals surface area contributed by atoms with Gasteiger partial charge in [0, 0.05) is 69.5 Å². The van der Waals surface area contributed by atoms with Crippen LogP contribution in [-0.4, -0.2) is 84.3 Å². The van der Waals surface area contributed by atoms with Crippen LogP contribution in [-0.2, 0) is 6.54 Å². The second-order valence-corrected chi connectivity index (χ2v) is 9.32. The fraction of sp³-hybridized carbons (Fsp3) is 0.680. The van der Waals surface area contributed by atoms with Crippen LogP contribution in [0.15, 0.2) is 24.4 Å². The lowest BCUT2D eigenvalue weighted by molar-refractivity contribution is 0.0996. The van der Waals surface area contributed by atoms with Crippen LogP contribution in [0, 0.1) is 6.92 Å². The van der Waals surface area contributed by atoms with Crippen LogP contribution in [0.25, 0.3) is 10.9 Å². The van der Waals surface area contributed by atoms with Gasteiger partial charge in [-0.2, -0.15) is 0 Å². The number of hydrogen-bond acceptors (Lipinski definition) is 4. The zero-order valence-corrected chi connectivity index (χ0v) is 20.0. The maximum Gasteiger partial charge on any atom is 0.143 e. The molecule has 2 aromatic rings. The van der Waals surface area contributed by atoms with E-state index in [1.54, 1.807) is 7.11 Å². The minimum Gasteiger partial charge on any atom is -0.495 e. The molecular formula is C25H42N4O. The number of aryl methyl sites for hydroxylation is 2. The van der Waals surface area contributed by atoms with Crippen LogP contribution in [0.1, 0.15) is 39.7 Å². The van der Waals surface area contributed by atoms with Crippen LogP contribution in [0.2, 0.25) is 0 Å². The molecule has 3 rings (SSSR count). The first-order chi connectivity index (χ1) is 14.4. The van der Waals surface area contributed by atoms with E-state index >= 15 is 0 Å². The van der Waals surface area contributed by atoms with E-state index in [0.717, 1.165) is 12.3 Å². The molecule has 30 heavy (non-hydrogen) atoms. The van der Waals surface area contributed by atoms with Gasteiger partial charge in [0.1, 0.15) is 5.75 Å². The summed E-state index contributed by atoms with van der Waals surface area (Å²) in [5, 5.41) is 1.31. The molecule has 0 bridgehead atoms. The fourth-order valence-electron chi connectivity index (χ4n) is 4.92. The minimum absolute atomic E-state index is 0.623. The van der Waals surface area contributed by atoms with Crippen LogP contribution in [0.5, 0.6) is 5.75 Å². The van der Waals surface area contributed by atoms with Crippen molar-refractivity contribution in [2.24, 2.45) is 0 Å². The number of fused-ring (bicyclic) bond motifs is 1. The van der Waals surface area contributed by atoms with E-state index in [1.807, 2.05) is 0 Å². The molecule has 1 aromatic carbocycles. The lowest BCUT2D eigenvalue weighted by atomic mass is 10.2. The topological polar surface area (TPSA) is 23.9 Å².